The normalized spacial score (nSPS) is 15.8. The number of fused-ring (bicyclic) bond motifs is 4. The van der Waals surface area contributed by atoms with E-state index >= 15 is 0 Å². The zero-order valence-electron chi connectivity index (χ0n) is 17.8. The Morgan fingerprint density at radius 1 is 1.12 bits per heavy atom. The van der Waals surface area contributed by atoms with Gasteiger partial charge in [0.05, 0.1) is 23.6 Å². The summed E-state index contributed by atoms with van der Waals surface area (Å²) in [4.78, 5) is 11.7. The summed E-state index contributed by atoms with van der Waals surface area (Å²) in [6, 6.07) is 16.8. The minimum atomic E-state index is 0.690. The molecule has 1 radical (unpaired) electrons. The average Bonchev–Trinajstić information content (AvgIpc) is 3.40. The topological polar surface area (TPSA) is 55.6 Å². The Balaban J connectivity index is 1.32. The largest absolute Gasteiger partial charge is 0.340 e. The van der Waals surface area contributed by atoms with E-state index in [1.165, 1.54) is 27.8 Å². The van der Waals surface area contributed by atoms with Crippen LogP contribution in [-0.2, 0) is 19.4 Å². The highest BCUT2D eigenvalue weighted by molar-refractivity contribution is 7.19. The van der Waals surface area contributed by atoms with Gasteiger partial charge in [-0.05, 0) is 54.5 Å². The van der Waals surface area contributed by atoms with E-state index in [0.29, 0.717) is 5.92 Å². The lowest BCUT2D eigenvalue weighted by Crippen LogP contribution is -2.11. The van der Waals surface area contributed by atoms with Crippen LogP contribution in [0.1, 0.15) is 28.8 Å². The highest BCUT2D eigenvalue weighted by atomic mass is 32.1. The average molecular weight is 439 g/mol. The van der Waals surface area contributed by atoms with E-state index in [4.69, 9.17) is 0 Å². The summed E-state index contributed by atoms with van der Waals surface area (Å²) < 4.78 is 2.05. The lowest BCUT2D eigenvalue weighted by molar-refractivity contribution is 0.469. The van der Waals surface area contributed by atoms with Crippen molar-refractivity contribution in [1.82, 2.24) is 19.7 Å². The van der Waals surface area contributed by atoms with E-state index in [9.17, 15) is 0 Å². The molecular formula is C26H24N5S. The Morgan fingerprint density at radius 2 is 2.03 bits per heavy atom. The van der Waals surface area contributed by atoms with Crippen LogP contribution in [0.3, 0.4) is 0 Å². The molecule has 159 valence electrons. The van der Waals surface area contributed by atoms with Gasteiger partial charge in [-0.3, -0.25) is 4.68 Å². The number of aryl methyl sites for hydroxylation is 1. The van der Waals surface area contributed by atoms with Crippen LogP contribution in [0.5, 0.6) is 0 Å². The predicted molar refractivity (Wildman–Crippen MR) is 131 cm³/mol. The van der Waals surface area contributed by atoms with Crippen molar-refractivity contribution in [2.45, 2.75) is 32.2 Å². The van der Waals surface area contributed by atoms with Gasteiger partial charge in [-0.1, -0.05) is 43.7 Å². The molecule has 0 bridgehead atoms. The monoisotopic (exact) mass is 438 g/mol. The van der Waals surface area contributed by atoms with Gasteiger partial charge in [-0.25, -0.2) is 9.97 Å². The molecule has 6 heteroatoms. The highest BCUT2D eigenvalue weighted by Gasteiger charge is 2.24. The van der Waals surface area contributed by atoms with E-state index < -0.39 is 0 Å². The maximum atomic E-state index is 4.61. The summed E-state index contributed by atoms with van der Waals surface area (Å²) in [5, 5.41) is 10.5. The van der Waals surface area contributed by atoms with Crippen LogP contribution < -0.4 is 5.32 Å². The van der Waals surface area contributed by atoms with Gasteiger partial charge in [-0.2, -0.15) is 5.10 Å². The lowest BCUT2D eigenvalue weighted by atomic mass is 9.86. The Labute approximate surface area is 191 Å². The number of hydrogen-bond acceptors (Lipinski definition) is 5. The maximum Gasteiger partial charge on any atom is 0.142 e. The molecule has 1 aliphatic rings. The number of aromatic nitrogens is 4. The third kappa shape index (κ3) is 3.45. The van der Waals surface area contributed by atoms with Crippen LogP contribution in [0.2, 0.25) is 0 Å². The Hall–Kier alpha value is -3.25. The number of thiophene rings is 1. The van der Waals surface area contributed by atoms with E-state index in [1.807, 2.05) is 28.3 Å². The van der Waals surface area contributed by atoms with Gasteiger partial charge in [0.2, 0.25) is 0 Å². The van der Waals surface area contributed by atoms with Crippen molar-refractivity contribution in [2.24, 2.45) is 5.92 Å². The van der Waals surface area contributed by atoms with Crippen LogP contribution in [-0.4, -0.2) is 19.7 Å². The van der Waals surface area contributed by atoms with Crippen molar-refractivity contribution in [2.75, 3.05) is 5.32 Å². The van der Waals surface area contributed by atoms with Gasteiger partial charge >= 0.3 is 0 Å². The van der Waals surface area contributed by atoms with Crippen LogP contribution >= 0.6 is 11.3 Å². The maximum absolute atomic E-state index is 4.61. The molecule has 0 saturated heterocycles. The summed E-state index contributed by atoms with van der Waals surface area (Å²) in [5.74, 6) is 1.59. The van der Waals surface area contributed by atoms with E-state index in [1.54, 1.807) is 6.33 Å². The van der Waals surface area contributed by atoms with Gasteiger partial charge in [0.1, 0.15) is 17.0 Å². The number of anilines is 2. The molecule has 3 aromatic heterocycles. The van der Waals surface area contributed by atoms with Gasteiger partial charge in [0.15, 0.2) is 0 Å². The first-order chi connectivity index (χ1) is 15.8. The van der Waals surface area contributed by atoms with Crippen molar-refractivity contribution >= 4 is 44.0 Å². The number of nitrogens with one attached hydrogen (secondary N) is 1. The van der Waals surface area contributed by atoms with E-state index in [-0.39, 0.29) is 0 Å². The number of benzene rings is 2. The van der Waals surface area contributed by atoms with E-state index in [0.717, 1.165) is 53.0 Å². The van der Waals surface area contributed by atoms with Crippen LogP contribution in [0.4, 0.5) is 11.5 Å². The standard InChI is InChI=1S/C26H24N5S/c1-2-17-8-10-21-23(12-17)32-26-24(21)25(27-16-28-26)30-20-9-11-22-19(13-20)14-29-31(22)15-18-6-4-3-5-7-18/h3-7,9,11,13-14,16-17H,1-2,8,10,12,15H2,(H,27,28,30). The molecule has 1 atom stereocenters. The van der Waals surface area contributed by atoms with Crippen molar-refractivity contribution in [3.05, 3.63) is 84.0 Å². The second kappa shape index (κ2) is 8.02. The molecule has 0 aliphatic heterocycles. The van der Waals surface area contributed by atoms with Crippen molar-refractivity contribution in [3.63, 3.8) is 0 Å². The summed E-state index contributed by atoms with van der Waals surface area (Å²) in [7, 11) is 0. The quantitative estimate of drug-likeness (QED) is 0.357. The van der Waals surface area contributed by atoms with E-state index in [2.05, 4.69) is 69.8 Å². The summed E-state index contributed by atoms with van der Waals surface area (Å²) in [6.07, 6.45) is 8.01. The third-order valence-electron chi connectivity index (χ3n) is 6.44. The minimum Gasteiger partial charge on any atom is -0.340 e. The zero-order chi connectivity index (χ0) is 21.5. The van der Waals surface area contributed by atoms with Crippen LogP contribution in [0.15, 0.2) is 61.1 Å². The smallest absolute Gasteiger partial charge is 0.142 e. The molecule has 0 amide bonds. The van der Waals surface area contributed by atoms with Gasteiger partial charge in [0, 0.05) is 16.0 Å². The Bertz CT molecular complexity index is 1400. The molecule has 0 fully saturated rings. The fraction of sp³-hybridized carbons (Fsp3) is 0.231. The summed E-state index contributed by atoms with van der Waals surface area (Å²) >= 11 is 1.82. The second-order valence-corrected chi connectivity index (χ2v) is 9.57. The molecule has 6 rings (SSSR count). The first kappa shape index (κ1) is 19.4. The molecule has 1 N–H and O–H groups in total. The van der Waals surface area contributed by atoms with Gasteiger partial charge < -0.3 is 5.32 Å². The first-order valence-electron chi connectivity index (χ1n) is 11.1. The predicted octanol–water partition coefficient (Wildman–Crippen LogP) is 6.16. The molecule has 0 saturated carbocycles. The Kier molecular flexibility index (Phi) is 4.87. The molecule has 0 spiro atoms. The van der Waals surface area contributed by atoms with Gasteiger partial charge in [-0.15, -0.1) is 11.3 Å². The second-order valence-electron chi connectivity index (χ2n) is 8.49. The van der Waals surface area contributed by atoms with Crippen LogP contribution in [0, 0.1) is 12.8 Å². The summed E-state index contributed by atoms with van der Waals surface area (Å²) in [5.41, 5.74) is 4.81. The lowest BCUT2D eigenvalue weighted by Gasteiger charge is -2.20. The van der Waals surface area contributed by atoms with Gasteiger partial charge in [0.25, 0.3) is 0 Å². The SMILES string of the molecule is [CH2]CC1CCc2c(sc3ncnc(Nc4ccc5c(cnn5Cc5ccccc5)c4)c23)C1. The highest BCUT2D eigenvalue weighted by Crippen LogP contribution is 2.41. The summed E-state index contributed by atoms with van der Waals surface area (Å²) in [6.45, 7) is 4.88. The zero-order valence-corrected chi connectivity index (χ0v) is 18.6. The van der Waals surface area contributed by atoms with Crippen molar-refractivity contribution < 1.29 is 0 Å². The fourth-order valence-corrected chi connectivity index (χ4v) is 6.01. The first-order valence-corrected chi connectivity index (χ1v) is 11.9. The number of nitrogens with zero attached hydrogens (tertiary/aromatic N) is 4. The minimum absolute atomic E-state index is 0.690. The molecule has 2 aromatic carbocycles. The molecule has 5 nitrogen and oxygen atoms in total. The number of rotatable bonds is 5. The van der Waals surface area contributed by atoms with Crippen molar-refractivity contribution in [1.29, 1.82) is 0 Å². The molecule has 32 heavy (non-hydrogen) atoms. The fourth-order valence-electron chi connectivity index (χ4n) is 4.70. The third-order valence-corrected chi connectivity index (χ3v) is 7.60. The molecular weight excluding hydrogens is 414 g/mol. The molecule has 1 aliphatic carbocycles. The van der Waals surface area contributed by atoms with Crippen LogP contribution in [0.25, 0.3) is 21.1 Å². The number of hydrogen-bond donors (Lipinski definition) is 1. The molecule has 3 heterocycles. The van der Waals surface area contributed by atoms with Crippen molar-refractivity contribution in [3.8, 4) is 0 Å². The molecule has 1 unspecified atom stereocenters. The Morgan fingerprint density at radius 3 is 2.91 bits per heavy atom. The molecule has 5 aromatic rings.